The van der Waals surface area contributed by atoms with Gasteiger partial charge in [-0.25, -0.2) is 0 Å². The molecule has 0 atom stereocenters. The minimum absolute atomic E-state index is 0. The van der Waals surface area contributed by atoms with E-state index in [9.17, 15) is 0 Å². The Hall–Kier alpha value is -0.998. The summed E-state index contributed by atoms with van der Waals surface area (Å²) in [6, 6.07) is 20.6. The van der Waals surface area contributed by atoms with Crippen LogP contribution in [-0.2, 0) is 25.2 Å². The van der Waals surface area contributed by atoms with Crippen LogP contribution in [-0.4, -0.2) is 21.4 Å². The van der Waals surface area contributed by atoms with E-state index in [0.717, 1.165) is 6.92 Å². The maximum Gasteiger partial charge on any atom is 0.300 e. The average Bonchev–Trinajstić information content (AvgIpc) is 2.45. The Labute approximate surface area is 181 Å². The molecule has 0 saturated heterocycles. The third-order valence-corrected chi connectivity index (χ3v) is 7.67. The zero-order valence-electron chi connectivity index (χ0n) is 16.8. The molecule has 2 rings (SSSR count). The van der Waals surface area contributed by atoms with Crippen molar-refractivity contribution in [3.8, 4) is 11.1 Å². The van der Waals surface area contributed by atoms with Gasteiger partial charge in [0.15, 0.2) is 0 Å². The molecule has 0 fully saturated rings. The molecule has 0 amide bonds. The molecule has 2 aromatic rings. The summed E-state index contributed by atoms with van der Waals surface area (Å²) >= 11 is 0. The minimum atomic E-state index is -0.833. The topological polar surface area (TPSA) is 37.3 Å². The van der Waals surface area contributed by atoms with Crippen LogP contribution in [0.2, 0.25) is 0 Å². The van der Waals surface area contributed by atoms with Crippen molar-refractivity contribution >= 4 is 19.2 Å². The molecular weight excluding hydrogens is 446 g/mol. The van der Waals surface area contributed by atoms with Crippen LogP contribution in [0.25, 0.3) is 11.1 Å². The van der Waals surface area contributed by atoms with Crippen molar-refractivity contribution in [1.82, 2.24) is 0 Å². The van der Waals surface area contributed by atoms with E-state index >= 15 is 0 Å². The van der Waals surface area contributed by atoms with Crippen molar-refractivity contribution in [2.45, 2.75) is 66.2 Å². The van der Waals surface area contributed by atoms with Gasteiger partial charge in [0, 0.05) is 35.3 Å². The van der Waals surface area contributed by atoms with Crippen molar-refractivity contribution in [3.63, 3.8) is 0 Å². The van der Waals surface area contributed by atoms with Gasteiger partial charge in [0.05, 0.1) is 15.6 Å². The molecule has 0 radical (unpaired) electrons. The van der Waals surface area contributed by atoms with Gasteiger partial charge < -0.3 is 5.11 Å². The van der Waals surface area contributed by atoms with Crippen LogP contribution < -0.4 is 5.30 Å². The Kier molecular flexibility index (Phi) is 12.3. The van der Waals surface area contributed by atoms with E-state index in [4.69, 9.17) is 9.90 Å². The summed E-state index contributed by atoms with van der Waals surface area (Å²) in [6.07, 6.45) is 0. The van der Waals surface area contributed by atoms with Crippen LogP contribution in [0.3, 0.4) is 0 Å². The smallest absolute Gasteiger partial charge is 0.300 e. The molecule has 0 heterocycles. The number of benzene rings is 2. The fourth-order valence-corrected chi connectivity index (χ4v) is 8.05. The van der Waals surface area contributed by atoms with E-state index in [1.54, 1.807) is 0 Å². The van der Waals surface area contributed by atoms with E-state index in [1.807, 2.05) is 12.1 Å². The first-order valence-electron chi connectivity index (χ1n) is 8.58. The van der Waals surface area contributed by atoms with Crippen molar-refractivity contribution in [2.24, 2.45) is 0 Å². The van der Waals surface area contributed by atoms with Crippen LogP contribution in [0.5, 0.6) is 0 Å². The Balaban J connectivity index is 0. The molecule has 154 valence electrons. The molecular formula is C23H35O2PPd. The maximum absolute atomic E-state index is 9.00. The van der Waals surface area contributed by atoms with Crippen LogP contribution in [0.1, 0.15) is 55.9 Å². The standard InChI is InChI=1S/C20H26P.C2H4O2.CH4.Pd/c1-19(2,3)21(20(4,5)6)18-15-11-10-14-17(18)16-12-8-7-9-13-16;1-2(3)4;;/h7-12,14-15H,1-6H3;1H3,(H,3,4);1H4;/q-1;;;/p+1. The predicted molar refractivity (Wildman–Crippen MR) is 118 cm³/mol. The molecule has 27 heavy (non-hydrogen) atoms. The van der Waals surface area contributed by atoms with Gasteiger partial charge in [-0.05, 0) is 47.6 Å². The number of carbonyl (C=O) groups is 1. The molecule has 0 unspecified atom stereocenters. The van der Waals surface area contributed by atoms with Gasteiger partial charge in [-0.2, -0.15) is 0 Å². The largest absolute Gasteiger partial charge is 0.481 e. The summed E-state index contributed by atoms with van der Waals surface area (Å²) in [4.78, 5) is 9.00. The second-order valence-electron chi connectivity index (χ2n) is 8.22. The monoisotopic (exact) mass is 480 g/mol. The maximum atomic E-state index is 9.00. The number of aliphatic carboxylic acids is 1. The zero-order chi connectivity index (χ0) is 19.3. The normalized spacial score (nSPS) is 10.8. The Morgan fingerprint density at radius 3 is 1.78 bits per heavy atom. The molecule has 0 aliphatic heterocycles. The number of carboxylic acid groups (broad SMARTS) is 1. The van der Waals surface area contributed by atoms with Crippen molar-refractivity contribution in [1.29, 1.82) is 0 Å². The summed E-state index contributed by atoms with van der Waals surface area (Å²) in [5.41, 5.74) is 2.57. The molecule has 0 saturated carbocycles. The molecule has 4 heteroatoms. The fraction of sp³-hybridized carbons (Fsp3) is 0.435. The molecule has 0 aliphatic carbocycles. The van der Waals surface area contributed by atoms with Gasteiger partial charge in [0.1, 0.15) is 0 Å². The first-order valence-corrected chi connectivity index (χ1v) is 10.1. The van der Waals surface area contributed by atoms with Crippen molar-refractivity contribution in [2.75, 3.05) is 0 Å². The Bertz CT molecular complexity index is 668. The number of rotatable bonds is 2. The van der Waals surface area contributed by atoms with Crippen LogP contribution in [0.4, 0.5) is 0 Å². The predicted octanol–water partition coefficient (Wildman–Crippen LogP) is 6.31. The number of carboxylic acids is 1. The van der Waals surface area contributed by atoms with Gasteiger partial charge in [0.2, 0.25) is 0 Å². The fourth-order valence-electron chi connectivity index (χ4n) is 3.43. The van der Waals surface area contributed by atoms with Gasteiger partial charge in [-0.1, -0.05) is 31.2 Å². The second-order valence-corrected chi connectivity index (χ2v) is 12.5. The van der Waals surface area contributed by atoms with Crippen LogP contribution in [0, 0.1) is 6.07 Å². The third-order valence-electron chi connectivity index (χ3n) is 3.70. The third kappa shape index (κ3) is 9.16. The molecule has 2 aromatic carbocycles. The molecule has 2 nitrogen and oxygen atoms in total. The quantitative estimate of drug-likeness (QED) is 0.310. The summed E-state index contributed by atoms with van der Waals surface area (Å²) < 4.78 is 0. The minimum Gasteiger partial charge on any atom is -0.481 e. The van der Waals surface area contributed by atoms with E-state index in [-0.39, 0.29) is 27.8 Å². The number of hydrogen-bond acceptors (Lipinski definition) is 1. The van der Waals surface area contributed by atoms with Crippen LogP contribution >= 0.6 is 7.92 Å². The van der Waals surface area contributed by atoms with E-state index in [0.29, 0.717) is 10.3 Å². The van der Waals surface area contributed by atoms with Crippen molar-refractivity contribution in [3.05, 3.63) is 54.6 Å². The Morgan fingerprint density at radius 2 is 1.37 bits per heavy atom. The summed E-state index contributed by atoms with van der Waals surface area (Å²) in [5, 5.41) is 9.58. The first-order chi connectivity index (χ1) is 11.4. The SMILES string of the molecule is C.CC(=O)O.CC(C)(C)[PH+](c1ccccc1-c1[c-]cccc1)C(C)(C)C.[Pd]. The van der Waals surface area contributed by atoms with Gasteiger partial charge in [0.25, 0.3) is 5.97 Å². The van der Waals surface area contributed by atoms with Gasteiger partial charge in [-0.15, -0.1) is 35.9 Å². The molecule has 0 bridgehead atoms. The van der Waals surface area contributed by atoms with Crippen LogP contribution in [0.15, 0.2) is 48.5 Å². The van der Waals surface area contributed by atoms with Gasteiger partial charge >= 0.3 is 0 Å². The van der Waals surface area contributed by atoms with E-state index in [1.165, 1.54) is 16.4 Å². The van der Waals surface area contributed by atoms with E-state index in [2.05, 4.69) is 84.0 Å². The molecule has 0 aromatic heterocycles. The first kappa shape index (κ1) is 28.2. The summed E-state index contributed by atoms with van der Waals surface area (Å²) in [6.45, 7) is 15.4. The van der Waals surface area contributed by atoms with E-state index < -0.39 is 13.9 Å². The molecule has 0 aliphatic rings. The summed E-state index contributed by atoms with van der Waals surface area (Å²) in [7, 11) is -0.750. The summed E-state index contributed by atoms with van der Waals surface area (Å²) in [5.74, 6) is -0.833. The Morgan fingerprint density at radius 1 is 0.926 bits per heavy atom. The zero-order valence-corrected chi connectivity index (χ0v) is 19.3. The average molecular weight is 481 g/mol. The van der Waals surface area contributed by atoms with Gasteiger partial charge in [-0.3, -0.25) is 4.79 Å². The molecule has 1 N–H and O–H groups in total. The molecule has 0 spiro atoms. The van der Waals surface area contributed by atoms with Crippen molar-refractivity contribution < 1.29 is 30.3 Å². The number of hydrogen-bond donors (Lipinski definition) is 1. The second kappa shape index (κ2) is 11.8.